The van der Waals surface area contributed by atoms with Crippen molar-refractivity contribution in [3.63, 3.8) is 0 Å². The standard InChI is InChI=1S/C11H19N3O/c1-5-14-6-8(2)11(7-14)10(15)12-9(3)13(11)4/h8H,5-7H2,1-4H3. The van der Waals surface area contributed by atoms with E-state index in [1.807, 2.05) is 14.0 Å². The van der Waals surface area contributed by atoms with Crippen LogP contribution < -0.4 is 0 Å². The van der Waals surface area contributed by atoms with E-state index >= 15 is 0 Å². The molecule has 2 aliphatic heterocycles. The lowest BCUT2D eigenvalue weighted by molar-refractivity contribution is -0.126. The average Bonchev–Trinajstić information content (AvgIpc) is 2.64. The molecule has 2 rings (SSSR count). The van der Waals surface area contributed by atoms with E-state index in [9.17, 15) is 4.79 Å². The summed E-state index contributed by atoms with van der Waals surface area (Å²) in [5, 5.41) is 0. The number of amidine groups is 1. The van der Waals surface area contributed by atoms with Crippen LogP contribution in [-0.4, -0.2) is 53.8 Å². The van der Waals surface area contributed by atoms with E-state index in [0.717, 1.165) is 25.5 Å². The Hall–Kier alpha value is -0.900. The maximum atomic E-state index is 12.0. The number of aliphatic imine (C=N–C) groups is 1. The number of hydrogen-bond acceptors (Lipinski definition) is 3. The van der Waals surface area contributed by atoms with Gasteiger partial charge in [0.15, 0.2) is 0 Å². The van der Waals surface area contributed by atoms with Crippen molar-refractivity contribution in [2.45, 2.75) is 26.3 Å². The van der Waals surface area contributed by atoms with Crippen LogP contribution in [0.2, 0.25) is 0 Å². The average molecular weight is 209 g/mol. The molecule has 0 bridgehead atoms. The Morgan fingerprint density at radius 3 is 2.67 bits per heavy atom. The fourth-order valence-electron chi connectivity index (χ4n) is 2.81. The summed E-state index contributed by atoms with van der Waals surface area (Å²) in [6, 6.07) is 0. The van der Waals surface area contributed by atoms with E-state index in [1.54, 1.807) is 0 Å². The lowest BCUT2D eigenvalue weighted by Crippen LogP contribution is -2.54. The number of likely N-dealkylation sites (tertiary alicyclic amines) is 1. The third-order valence-electron chi connectivity index (χ3n) is 3.98. The highest BCUT2D eigenvalue weighted by Crippen LogP contribution is 2.36. The molecule has 4 heteroatoms. The largest absolute Gasteiger partial charge is 0.347 e. The summed E-state index contributed by atoms with van der Waals surface area (Å²) in [5.41, 5.74) is -0.375. The molecular weight excluding hydrogens is 190 g/mol. The number of hydrogen-bond donors (Lipinski definition) is 0. The van der Waals surface area contributed by atoms with Gasteiger partial charge in [0.1, 0.15) is 11.4 Å². The second kappa shape index (κ2) is 3.30. The lowest BCUT2D eigenvalue weighted by atomic mass is 9.87. The molecule has 1 fully saturated rings. The van der Waals surface area contributed by atoms with Crippen molar-refractivity contribution in [1.82, 2.24) is 9.80 Å². The molecule has 1 amide bonds. The van der Waals surface area contributed by atoms with Gasteiger partial charge in [0.2, 0.25) is 0 Å². The van der Waals surface area contributed by atoms with Crippen LogP contribution in [0.3, 0.4) is 0 Å². The maximum absolute atomic E-state index is 12.0. The van der Waals surface area contributed by atoms with Gasteiger partial charge >= 0.3 is 0 Å². The Kier molecular flexibility index (Phi) is 2.34. The highest BCUT2D eigenvalue weighted by Gasteiger charge is 2.55. The number of rotatable bonds is 1. The van der Waals surface area contributed by atoms with Crippen molar-refractivity contribution in [2.24, 2.45) is 10.9 Å². The molecule has 4 nitrogen and oxygen atoms in total. The van der Waals surface area contributed by atoms with Crippen molar-refractivity contribution >= 4 is 11.7 Å². The summed E-state index contributed by atoms with van der Waals surface area (Å²) < 4.78 is 0. The molecule has 2 heterocycles. The fourth-order valence-corrected chi connectivity index (χ4v) is 2.81. The summed E-state index contributed by atoms with van der Waals surface area (Å²) in [7, 11) is 1.99. The van der Waals surface area contributed by atoms with Crippen LogP contribution in [0.4, 0.5) is 0 Å². The smallest absolute Gasteiger partial charge is 0.274 e. The van der Waals surface area contributed by atoms with Crippen molar-refractivity contribution in [3.05, 3.63) is 0 Å². The van der Waals surface area contributed by atoms with Crippen molar-refractivity contribution in [1.29, 1.82) is 0 Å². The van der Waals surface area contributed by atoms with Crippen LogP contribution in [0.15, 0.2) is 4.99 Å². The lowest BCUT2D eigenvalue weighted by Gasteiger charge is -2.34. The van der Waals surface area contributed by atoms with Crippen molar-refractivity contribution < 1.29 is 4.79 Å². The first-order chi connectivity index (χ1) is 7.02. The molecule has 2 aliphatic rings. The van der Waals surface area contributed by atoms with Crippen LogP contribution in [0.1, 0.15) is 20.8 Å². The Morgan fingerprint density at radius 1 is 1.60 bits per heavy atom. The van der Waals surface area contributed by atoms with E-state index < -0.39 is 0 Å². The molecule has 0 aromatic carbocycles. The van der Waals surface area contributed by atoms with Gasteiger partial charge in [-0.25, -0.2) is 0 Å². The molecule has 0 radical (unpaired) electrons. The molecule has 0 N–H and O–H groups in total. The van der Waals surface area contributed by atoms with Crippen LogP contribution in [0, 0.1) is 5.92 Å². The monoisotopic (exact) mass is 209 g/mol. The van der Waals surface area contributed by atoms with Gasteiger partial charge in [-0.1, -0.05) is 13.8 Å². The maximum Gasteiger partial charge on any atom is 0.274 e. The Labute approximate surface area is 91.0 Å². The Bertz CT molecular complexity index is 326. The Morgan fingerprint density at radius 2 is 2.27 bits per heavy atom. The molecular formula is C11H19N3O. The van der Waals surface area contributed by atoms with E-state index in [-0.39, 0.29) is 11.4 Å². The molecule has 2 atom stereocenters. The molecule has 0 aromatic heterocycles. The molecule has 1 saturated heterocycles. The van der Waals surface area contributed by atoms with Crippen LogP contribution >= 0.6 is 0 Å². The van der Waals surface area contributed by atoms with Crippen molar-refractivity contribution in [3.8, 4) is 0 Å². The van der Waals surface area contributed by atoms with Gasteiger partial charge in [0.25, 0.3) is 5.91 Å². The summed E-state index contributed by atoms with van der Waals surface area (Å²) >= 11 is 0. The van der Waals surface area contributed by atoms with Gasteiger partial charge in [0, 0.05) is 26.1 Å². The highest BCUT2D eigenvalue weighted by molar-refractivity contribution is 6.06. The normalized spacial score (nSPS) is 36.8. The first-order valence-electron chi connectivity index (χ1n) is 5.58. The van der Waals surface area contributed by atoms with Gasteiger partial charge in [-0.05, 0) is 13.5 Å². The minimum absolute atomic E-state index is 0.0472. The zero-order chi connectivity index (χ0) is 11.2. The summed E-state index contributed by atoms with van der Waals surface area (Å²) in [6.07, 6.45) is 0. The van der Waals surface area contributed by atoms with Gasteiger partial charge in [-0.15, -0.1) is 0 Å². The first kappa shape index (κ1) is 10.6. The first-order valence-corrected chi connectivity index (χ1v) is 5.58. The number of amides is 1. The number of likely N-dealkylation sites (N-methyl/N-ethyl adjacent to an activating group) is 2. The number of carbonyl (C=O) groups excluding carboxylic acids is 1. The predicted molar refractivity (Wildman–Crippen MR) is 59.9 cm³/mol. The third-order valence-corrected chi connectivity index (χ3v) is 3.98. The topological polar surface area (TPSA) is 35.9 Å². The van der Waals surface area contributed by atoms with E-state index in [0.29, 0.717) is 5.92 Å². The second-order valence-corrected chi connectivity index (χ2v) is 4.68. The minimum atomic E-state index is -0.375. The van der Waals surface area contributed by atoms with E-state index in [2.05, 4.69) is 28.6 Å². The quantitative estimate of drug-likeness (QED) is 0.634. The Balaban J connectivity index is 2.32. The molecule has 1 spiro atoms. The van der Waals surface area contributed by atoms with E-state index in [4.69, 9.17) is 0 Å². The summed E-state index contributed by atoms with van der Waals surface area (Å²) in [4.78, 5) is 20.5. The van der Waals surface area contributed by atoms with Gasteiger partial charge in [0.05, 0.1) is 0 Å². The highest BCUT2D eigenvalue weighted by atomic mass is 16.2. The van der Waals surface area contributed by atoms with Gasteiger partial charge < -0.3 is 9.80 Å². The van der Waals surface area contributed by atoms with Gasteiger partial charge in [-0.3, -0.25) is 4.79 Å². The van der Waals surface area contributed by atoms with Crippen LogP contribution in [0.5, 0.6) is 0 Å². The second-order valence-electron chi connectivity index (χ2n) is 4.68. The van der Waals surface area contributed by atoms with Crippen LogP contribution in [-0.2, 0) is 4.79 Å². The molecule has 0 aliphatic carbocycles. The SMILES string of the molecule is CCN1CC(C)C2(C1)C(=O)N=C(C)N2C. The number of nitrogens with zero attached hydrogens (tertiary/aromatic N) is 3. The summed E-state index contributed by atoms with van der Waals surface area (Å²) in [6.45, 7) is 9.02. The predicted octanol–water partition coefficient (Wildman–Crippen LogP) is 0.587. The van der Waals surface area contributed by atoms with Crippen molar-refractivity contribution in [2.75, 3.05) is 26.7 Å². The molecule has 0 aromatic rings. The zero-order valence-corrected chi connectivity index (χ0v) is 9.95. The summed E-state index contributed by atoms with van der Waals surface area (Å²) in [5.74, 6) is 1.26. The van der Waals surface area contributed by atoms with Gasteiger partial charge in [-0.2, -0.15) is 4.99 Å². The fraction of sp³-hybridized carbons (Fsp3) is 0.818. The molecule has 2 unspecified atom stereocenters. The number of carbonyl (C=O) groups is 1. The molecule has 84 valence electrons. The van der Waals surface area contributed by atoms with Crippen LogP contribution in [0.25, 0.3) is 0 Å². The molecule has 15 heavy (non-hydrogen) atoms. The zero-order valence-electron chi connectivity index (χ0n) is 9.95. The third kappa shape index (κ3) is 1.24. The molecule has 0 saturated carbocycles. The minimum Gasteiger partial charge on any atom is -0.347 e. The van der Waals surface area contributed by atoms with E-state index in [1.165, 1.54) is 0 Å².